The van der Waals surface area contributed by atoms with E-state index >= 15 is 0 Å². The monoisotopic (exact) mass is 564 g/mol. The standard InChI is InChI=1S/C24H32N6O10/c1-7-13-25-19(31)27(15-9-3)23(37-35,28(16-10-4)20(25)32)39-40-24(38-36)29(17-11-5)21(33)26(14-8-2)22(34)30(24)18-12-6/h7-12,35-36H,1-6,13-18H2. The van der Waals surface area contributed by atoms with Crippen LogP contribution in [-0.4, -0.2) is 115 Å². The van der Waals surface area contributed by atoms with Crippen LogP contribution in [0.3, 0.4) is 0 Å². The second kappa shape index (κ2) is 13.7. The van der Waals surface area contributed by atoms with Gasteiger partial charge in [-0.25, -0.2) is 59.1 Å². The van der Waals surface area contributed by atoms with E-state index in [1.807, 2.05) is 0 Å². The molecular weight excluding hydrogens is 532 g/mol. The molecule has 0 spiro atoms. The fraction of sp³-hybridized carbons (Fsp3) is 0.333. The highest BCUT2D eigenvalue weighted by Gasteiger charge is 2.64. The third kappa shape index (κ3) is 5.26. The van der Waals surface area contributed by atoms with Crippen LogP contribution in [0, 0.1) is 0 Å². The zero-order valence-electron chi connectivity index (χ0n) is 21.8. The highest BCUT2D eigenvalue weighted by atomic mass is 17.3. The predicted molar refractivity (Wildman–Crippen MR) is 138 cm³/mol. The summed E-state index contributed by atoms with van der Waals surface area (Å²) in [5.74, 6) is 0. The van der Waals surface area contributed by atoms with Gasteiger partial charge in [0.1, 0.15) is 0 Å². The first kappa shape index (κ1) is 31.9. The molecule has 0 saturated carbocycles. The maximum absolute atomic E-state index is 13.3. The van der Waals surface area contributed by atoms with E-state index in [1.54, 1.807) is 0 Å². The molecule has 0 aromatic carbocycles. The van der Waals surface area contributed by atoms with Gasteiger partial charge in [-0.3, -0.25) is 0 Å². The highest BCUT2D eigenvalue weighted by molar-refractivity contribution is 5.97. The van der Waals surface area contributed by atoms with Crippen LogP contribution in [0.5, 0.6) is 0 Å². The van der Waals surface area contributed by atoms with Crippen LogP contribution in [0.4, 0.5) is 19.2 Å². The maximum atomic E-state index is 13.3. The summed E-state index contributed by atoms with van der Waals surface area (Å²) in [5.41, 5.74) is 0. The van der Waals surface area contributed by atoms with Gasteiger partial charge in [-0.2, -0.15) is 9.78 Å². The molecule has 0 aromatic heterocycles. The van der Waals surface area contributed by atoms with E-state index < -0.39 is 62.4 Å². The third-order valence-electron chi connectivity index (χ3n) is 5.58. The van der Waals surface area contributed by atoms with Crippen molar-refractivity contribution in [2.45, 2.75) is 12.1 Å². The number of carbonyl (C=O) groups is 4. The van der Waals surface area contributed by atoms with Crippen molar-refractivity contribution in [3.05, 3.63) is 75.9 Å². The van der Waals surface area contributed by atoms with Crippen LogP contribution in [-0.2, 0) is 19.6 Å². The summed E-state index contributed by atoms with van der Waals surface area (Å²) in [4.78, 5) is 77.4. The highest BCUT2D eigenvalue weighted by Crippen LogP contribution is 2.37. The first-order chi connectivity index (χ1) is 19.2. The number of carbonyl (C=O) groups excluding carboxylic acids is 4. The Labute approximate surface area is 230 Å². The lowest BCUT2D eigenvalue weighted by Crippen LogP contribution is -2.78. The van der Waals surface area contributed by atoms with E-state index in [4.69, 9.17) is 9.78 Å². The van der Waals surface area contributed by atoms with Crippen LogP contribution >= 0.6 is 0 Å². The minimum Gasteiger partial charge on any atom is -0.248 e. The molecule has 0 aromatic rings. The Morgan fingerprint density at radius 1 is 0.500 bits per heavy atom. The van der Waals surface area contributed by atoms with Gasteiger partial charge in [0, 0.05) is 26.2 Å². The van der Waals surface area contributed by atoms with E-state index in [-0.39, 0.29) is 13.1 Å². The zero-order valence-corrected chi connectivity index (χ0v) is 21.8. The number of nitrogens with zero attached hydrogens (tertiary/aromatic N) is 6. The molecule has 0 atom stereocenters. The lowest BCUT2D eigenvalue weighted by atomic mass is 10.3. The molecule has 8 amide bonds. The molecule has 218 valence electrons. The van der Waals surface area contributed by atoms with Crippen molar-refractivity contribution >= 4 is 24.1 Å². The summed E-state index contributed by atoms with van der Waals surface area (Å²) < 4.78 is 0. The Morgan fingerprint density at radius 2 is 0.725 bits per heavy atom. The number of amides is 8. The van der Waals surface area contributed by atoms with E-state index in [1.165, 1.54) is 36.5 Å². The van der Waals surface area contributed by atoms with Gasteiger partial charge in [0.15, 0.2) is 0 Å². The molecule has 2 heterocycles. The summed E-state index contributed by atoms with van der Waals surface area (Å²) >= 11 is 0. The molecule has 2 fully saturated rings. The van der Waals surface area contributed by atoms with Gasteiger partial charge in [-0.1, -0.05) is 36.5 Å². The molecule has 2 saturated heterocycles. The lowest BCUT2D eigenvalue weighted by Gasteiger charge is -2.53. The summed E-state index contributed by atoms with van der Waals surface area (Å²) in [7, 11) is 0. The molecule has 16 heteroatoms. The molecule has 0 unspecified atom stereocenters. The van der Waals surface area contributed by atoms with Crippen molar-refractivity contribution in [1.82, 2.24) is 29.4 Å². The van der Waals surface area contributed by atoms with Crippen LogP contribution < -0.4 is 0 Å². The molecule has 2 rings (SSSR count). The number of urea groups is 4. The molecule has 0 radical (unpaired) electrons. The molecule has 0 bridgehead atoms. The Hall–Kier alpha value is -4.32. The van der Waals surface area contributed by atoms with Crippen LogP contribution in [0.15, 0.2) is 75.9 Å². The normalized spacial score (nSPS) is 18.6. The number of rotatable bonds is 17. The molecule has 0 aliphatic carbocycles. The van der Waals surface area contributed by atoms with Gasteiger partial charge in [0.2, 0.25) is 0 Å². The summed E-state index contributed by atoms with van der Waals surface area (Å²) in [6.07, 6.45) is 7.43. The minimum absolute atomic E-state index is 0.243. The molecule has 2 aliphatic heterocycles. The van der Waals surface area contributed by atoms with Gasteiger partial charge in [-0.15, -0.1) is 49.2 Å². The second-order valence-electron chi connectivity index (χ2n) is 7.97. The second-order valence-corrected chi connectivity index (χ2v) is 7.97. The van der Waals surface area contributed by atoms with Crippen molar-refractivity contribution in [3.8, 4) is 0 Å². The topological polar surface area (TPSA) is 165 Å². The molecule has 40 heavy (non-hydrogen) atoms. The molecular formula is C24H32N6O10. The number of imide groups is 2. The lowest BCUT2D eigenvalue weighted by molar-refractivity contribution is -0.640. The summed E-state index contributed by atoms with van der Waals surface area (Å²) in [6.45, 7) is 19.2. The van der Waals surface area contributed by atoms with Crippen molar-refractivity contribution < 1.29 is 49.2 Å². The van der Waals surface area contributed by atoms with Crippen molar-refractivity contribution in [2.75, 3.05) is 39.3 Å². The van der Waals surface area contributed by atoms with Crippen LogP contribution in [0.25, 0.3) is 0 Å². The van der Waals surface area contributed by atoms with Gasteiger partial charge in [0.25, 0.3) is 0 Å². The van der Waals surface area contributed by atoms with E-state index in [2.05, 4.69) is 49.2 Å². The maximum Gasteiger partial charge on any atom is 0.404 e. The van der Waals surface area contributed by atoms with Crippen LogP contribution in [0.1, 0.15) is 0 Å². The number of hydrogen-bond donors (Lipinski definition) is 2. The minimum atomic E-state index is -2.93. The number of hydrogen-bond acceptors (Lipinski definition) is 10. The average Bonchev–Trinajstić information content (AvgIpc) is 2.95. The van der Waals surface area contributed by atoms with Gasteiger partial charge in [-0.05, 0) is 0 Å². The molecule has 2 aliphatic rings. The van der Waals surface area contributed by atoms with E-state index in [0.29, 0.717) is 19.6 Å². The summed E-state index contributed by atoms with van der Waals surface area (Å²) in [6, 6.07) is -10.0. The zero-order chi connectivity index (χ0) is 30.1. The molecule has 2 N–H and O–H groups in total. The first-order valence-electron chi connectivity index (χ1n) is 11.6. The van der Waals surface area contributed by atoms with E-state index in [9.17, 15) is 29.7 Å². The fourth-order valence-electron chi connectivity index (χ4n) is 3.90. The first-order valence-corrected chi connectivity index (χ1v) is 11.6. The summed E-state index contributed by atoms with van der Waals surface area (Å²) in [5, 5.41) is 20.2. The predicted octanol–water partition coefficient (Wildman–Crippen LogP) is 2.57. The Balaban J connectivity index is 2.73. The van der Waals surface area contributed by atoms with Gasteiger partial charge >= 0.3 is 36.2 Å². The Kier molecular flexibility index (Phi) is 10.9. The van der Waals surface area contributed by atoms with Crippen molar-refractivity contribution in [1.29, 1.82) is 0 Å². The van der Waals surface area contributed by atoms with Crippen LogP contribution in [0.2, 0.25) is 0 Å². The quantitative estimate of drug-likeness (QED) is 0.116. The van der Waals surface area contributed by atoms with Crippen molar-refractivity contribution in [2.24, 2.45) is 0 Å². The van der Waals surface area contributed by atoms with Gasteiger partial charge < -0.3 is 0 Å². The van der Waals surface area contributed by atoms with Gasteiger partial charge in [0.05, 0.1) is 13.1 Å². The third-order valence-corrected chi connectivity index (χ3v) is 5.58. The SMILES string of the molecule is C=CCN1C(=O)N(CC=C)C(OO)(OOC2(OO)N(CC=C)C(=O)N(CC=C)C(=O)N2CC=C)N(CC=C)C1=O. The average molecular weight is 565 g/mol. The Bertz CT molecular complexity index is 923. The van der Waals surface area contributed by atoms with E-state index in [0.717, 1.165) is 9.80 Å². The largest absolute Gasteiger partial charge is 0.404 e. The Morgan fingerprint density at radius 3 is 0.900 bits per heavy atom. The smallest absolute Gasteiger partial charge is 0.248 e. The molecule has 16 nitrogen and oxygen atoms in total. The van der Waals surface area contributed by atoms with Crippen molar-refractivity contribution in [3.63, 3.8) is 0 Å². The fourth-order valence-corrected chi connectivity index (χ4v) is 3.90.